The van der Waals surface area contributed by atoms with Gasteiger partial charge in [0.15, 0.2) is 0 Å². The van der Waals surface area contributed by atoms with Gasteiger partial charge in [-0.05, 0) is 6.42 Å². The second-order valence-electron chi connectivity index (χ2n) is 3.82. The lowest BCUT2D eigenvalue weighted by Gasteiger charge is -2.01. The van der Waals surface area contributed by atoms with Crippen molar-refractivity contribution in [2.45, 2.75) is 26.3 Å². The summed E-state index contributed by atoms with van der Waals surface area (Å²) >= 11 is 0. The molecule has 0 amide bonds. The summed E-state index contributed by atoms with van der Waals surface area (Å²) in [5.74, 6) is -1.23. The van der Waals surface area contributed by atoms with Crippen molar-refractivity contribution in [3.05, 3.63) is 28.2 Å². The molecule has 0 unspecified atom stereocenters. The van der Waals surface area contributed by atoms with Gasteiger partial charge >= 0.3 is 5.97 Å². The maximum atomic E-state index is 11.8. The van der Waals surface area contributed by atoms with Gasteiger partial charge in [0.05, 0.1) is 11.6 Å². The lowest BCUT2D eigenvalue weighted by Crippen LogP contribution is -2.15. The van der Waals surface area contributed by atoms with Crippen LogP contribution in [-0.4, -0.2) is 25.8 Å². The van der Waals surface area contributed by atoms with Gasteiger partial charge in [-0.3, -0.25) is 4.79 Å². The summed E-state index contributed by atoms with van der Waals surface area (Å²) in [6.45, 7) is 2.78. The van der Waals surface area contributed by atoms with Crippen LogP contribution in [0.5, 0.6) is 0 Å². The third-order valence-electron chi connectivity index (χ3n) is 2.64. The molecule has 2 rings (SSSR count). The summed E-state index contributed by atoms with van der Waals surface area (Å²) in [5, 5.41) is 13.2. The number of pyridine rings is 1. The molecule has 0 aliphatic carbocycles. The second-order valence-corrected chi connectivity index (χ2v) is 3.82. The van der Waals surface area contributed by atoms with E-state index in [0.717, 1.165) is 12.8 Å². The molecule has 90 valence electrons. The largest absolute Gasteiger partial charge is 0.477 e. The van der Waals surface area contributed by atoms with Crippen LogP contribution < -0.4 is 5.43 Å². The Bertz CT molecular complexity index is 612. The van der Waals surface area contributed by atoms with E-state index in [1.165, 1.54) is 12.4 Å². The van der Waals surface area contributed by atoms with E-state index in [-0.39, 0.29) is 5.56 Å². The zero-order chi connectivity index (χ0) is 12.4. The van der Waals surface area contributed by atoms with Crippen molar-refractivity contribution in [1.82, 2.24) is 14.8 Å². The van der Waals surface area contributed by atoms with Crippen LogP contribution in [-0.2, 0) is 6.54 Å². The Morgan fingerprint density at radius 1 is 1.59 bits per heavy atom. The van der Waals surface area contributed by atoms with Crippen molar-refractivity contribution in [3.8, 4) is 0 Å². The number of aromatic amines is 1. The van der Waals surface area contributed by atoms with Crippen LogP contribution in [0.1, 0.15) is 30.1 Å². The molecule has 0 radical (unpaired) electrons. The van der Waals surface area contributed by atoms with Crippen LogP contribution >= 0.6 is 0 Å². The number of nitrogens with one attached hydrogen (secondary N) is 1. The van der Waals surface area contributed by atoms with E-state index in [2.05, 4.69) is 17.0 Å². The zero-order valence-corrected chi connectivity index (χ0v) is 9.43. The second kappa shape index (κ2) is 4.40. The van der Waals surface area contributed by atoms with E-state index in [4.69, 9.17) is 5.11 Å². The standard InChI is InChI=1S/C11H13N3O3/c1-2-3-4-14-10-7(6-13-14)9(15)8(5-12-10)11(16)17/h5-6H,2-4H2,1H3,(H,12,15)(H,16,17). The predicted molar refractivity (Wildman–Crippen MR) is 62.2 cm³/mol. The van der Waals surface area contributed by atoms with Crippen LogP contribution in [0.25, 0.3) is 11.0 Å². The average molecular weight is 235 g/mol. The van der Waals surface area contributed by atoms with E-state index < -0.39 is 11.4 Å². The minimum Gasteiger partial charge on any atom is -0.477 e. The first-order chi connectivity index (χ1) is 8.15. The molecule has 0 fully saturated rings. The number of hydrogen-bond donors (Lipinski definition) is 2. The average Bonchev–Trinajstić information content (AvgIpc) is 2.70. The van der Waals surface area contributed by atoms with Crippen molar-refractivity contribution < 1.29 is 9.90 Å². The Kier molecular flexibility index (Phi) is 2.95. The number of H-pyrrole nitrogens is 1. The highest BCUT2D eigenvalue weighted by molar-refractivity contribution is 5.91. The molecule has 0 saturated carbocycles. The van der Waals surface area contributed by atoms with Gasteiger partial charge in [-0.1, -0.05) is 13.3 Å². The molecule has 6 heteroatoms. The quantitative estimate of drug-likeness (QED) is 0.834. The van der Waals surface area contributed by atoms with E-state index in [1.54, 1.807) is 4.68 Å². The number of unbranched alkanes of at least 4 members (excludes halogenated alkanes) is 1. The highest BCUT2D eigenvalue weighted by Gasteiger charge is 2.14. The lowest BCUT2D eigenvalue weighted by molar-refractivity contribution is 0.0695. The van der Waals surface area contributed by atoms with Crippen LogP contribution in [0.15, 0.2) is 17.2 Å². The smallest absolute Gasteiger partial charge is 0.341 e. The van der Waals surface area contributed by atoms with E-state index in [0.29, 0.717) is 17.6 Å². The van der Waals surface area contributed by atoms with Crippen molar-refractivity contribution >= 4 is 17.0 Å². The summed E-state index contributed by atoms with van der Waals surface area (Å²) in [6, 6.07) is 0. The first-order valence-electron chi connectivity index (χ1n) is 5.45. The SMILES string of the molecule is CCCCn1ncc2c(=O)c(C(=O)O)c[nH]c21. The third kappa shape index (κ3) is 1.93. The molecule has 0 saturated heterocycles. The summed E-state index contributed by atoms with van der Waals surface area (Å²) in [6.07, 6.45) is 4.62. The van der Waals surface area contributed by atoms with Gasteiger partial charge in [-0.25, -0.2) is 9.48 Å². The molecule has 2 aromatic rings. The molecule has 6 nitrogen and oxygen atoms in total. The Labute approximate surface area is 96.9 Å². The molecule has 0 aliphatic heterocycles. The molecule has 2 N–H and O–H groups in total. The van der Waals surface area contributed by atoms with Gasteiger partial charge in [0, 0.05) is 12.7 Å². The number of fused-ring (bicyclic) bond motifs is 1. The maximum Gasteiger partial charge on any atom is 0.341 e. The molecule has 0 aliphatic rings. The van der Waals surface area contributed by atoms with Crippen molar-refractivity contribution in [2.24, 2.45) is 0 Å². The third-order valence-corrected chi connectivity index (χ3v) is 2.64. The number of rotatable bonds is 4. The van der Waals surface area contributed by atoms with Gasteiger partial charge in [0.1, 0.15) is 11.2 Å². The van der Waals surface area contributed by atoms with Gasteiger partial charge in [-0.2, -0.15) is 5.10 Å². The first kappa shape index (κ1) is 11.4. The Morgan fingerprint density at radius 2 is 2.35 bits per heavy atom. The summed E-state index contributed by atoms with van der Waals surface area (Å²) in [4.78, 5) is 25.4. The fraction of sp³-hybridized carbons (Fsp3) is 0.364. The molecule has 0 aromatic carbocycles. The first-order valence-corrected chi connectivity index (χ1v) is 5.45. The molecular weight excluding hydrogens is 222 g/mol. The van der Waals surface area contributed by atoms with Crippen LogP contribution in [0.4, 0.5) is 0 Å². The van der Waals surface area contributed by atoms with E-state index in [9.17, 15) is 9.59 Å². The molecule has 17 heavy (non-hydrogen) atoms. The molecule has 0 spiro atoms. The van der Waals surface area contributed by atoms with Crippen LogP contribution in [0.2, 0.25) is 0 Å². The molecule has 2 aromatic heterocycles. The van der Waals surface area contributed by atoms with Crippen molar-refractivity contribution in [2.75, 3.05) is 0 Å². The van der Waals surface area contributed by atoms with Gasteiger partial charge < -0.3 is 10.1 Å². The van der Waals surface area contributed by atoms with Crippen LogP contribution in [0.3, 0.4) is 0 Å². The zero-order valence-electron chi connectivity index (χ0n) is 9.43. The van der Waals surface area contributed by atoms with Gasteiger partial charge in [-0.15, -0.1) is 0 Å². The molecular formula is C11H13N3O3. The molecule has 0 atom stereocenters. The fourth-order valence-electron chi connectivity index (χ4n) is 1.69. The minimum absolute atomic E-state index is 0.257. The van der Waals surface area contributed by atoms with Crippen LogP contribution in [0, 0.1) is 0 Å². The summed E-state index contributed by atoms with van der Waals surface area (Å²) in [7, 11) is 0. The summed E-state index contributed by atoms with van der Waals surface area (Å²) < 4.78 is 1.69. The number of hydrogen-bond acceptors (Lipinski definition) is 3. The Balaban J connectivity index is 2.54. The number of aromatic nitrogens is 3. The minimum atomic E-state index is -1.23. The monoisotopic (exact) mass is 235 g/mol. The molecule has 0 bridgehead atoms. The lowest BCUT2D eigenvalue weighted by atomic mass is 10.2. The molecule has 2 heterocycles. The fourth-order valence-corrected chi connectivity index (χ4v) is 1.69. The Morgan fingerprint density at radius 3 is 3.00 bits per heavy atom. The maximum absolute atomic E-state index is 11.8. The Hall–Kier alpha value is -2.11. The van der Waals surface area contributed by atoms with Gasteiger partial charge in [0.25, 0.3) is 0 Å². The highest BCUT2D eigenvalue weighted by Crippen LogP contribution is 2.08. The number of carbonyl (C=O) groups is 1. The summed E-state index contributed by atoms with van der Waals surface area (Å²) in [5.41, 5.74) is -0.171. The number of nitrogens with zero attached hydrogens (tertiary/aromatic N) is 2. The number of carboxylic acids is 1. The van der Waals surface area contributed by atoms with Crippen molar-refractivity contribution in [3.63, 3.8) is 0 Å². The van der Waals surface area contributed by atoms with E-state index >= 15 is 0 Å². The number of carboxylic acid groups (broad SMARTS) is 1. The highest BCUT2D eigenvalue weighted by atomic mass is 16.4. The number of aryl methyl sites for hydroxylation is 1. The normalized spacial score (nSPS) is 10.9. The van der Waals surface area contributed by atoms with Gasteiger partial charge in [0.2, 0.25) is 5.43 Å². The van der Waals surface area contributed by atoms with Crippen molar-refractivity contribution in [1.29, 1.82) is 0 Å². The topological polar surface area (TPSA) is 88.0 Å². The number of aromatic carboxylic acids is 1. The van der Waals surface area contributed by atoms with E-state index in [1.807, 2.05) is 0 Å². The predicted octanol–water partition coefficient (Wildman–Crippen LogP) is 1.22.